The summed E-state index contributed by atoms with van der Waals surface area (Å²) in [6.45, 7) is 0.956. The fraction of sp³-hybridized carbons (Fsp3) is 0.227. The molecule has 0 amide bonds. The van der Waals surface area contributed by atoms with Gasteiger partial charge in [-0.05, 0) is 60.7 Å². The summed E-state index contributed by atoms with van der Waals surface area (Å²) in [6, 6.07) is 13.7. The topological polar surface area (TPSA) is 95.8 Å². The highest BCUT2D eigenvalue weighted by molar-refractivity contribution is 5.89. The van der Waals surface area contributed by atoms with E-state index in [0.29, 0.717) is 30.6 Å². The van der Waals surface area contributed by atoms with Crippen LogP contribution in [0.3, 0.4) is 0 Å². The molecule has 0 radical (unpaired) electrons. The SMILES string of the molecule is O=C(O)c1cccc(N(Cc2cccnc2)c2ccc(O)c(OCC3CC3)n2)c1. The summed E-state index contributed by atoms with van der Waals surface area (Å²) in [5.74, 6) is 0.230. The number of ether oxygens (including phenoxy) is 1. The second kappa shape index (κ2) is 8.18. The van der Waals surface area contributed by atoms with Crippen molar-refractivity contribution >= 4 is 17.5 Å². The summed E-state index contributed by atoms with van der Waals surface area (Å²) in [7, 11) is 0. The molecule has 0 unspecified atom stereocenters. The summed E-state index contributed by atoms with van der Waals surface area (Å²) < 4.78 is 5.71. The summed E-state index contributed by atoms with van der Waals surface area (Å²) in [4.78, 5) is 22.0. The van der Waals surface area contributed by atoms with E-state index in [1.165, 1.54) is 0 Å². The molecule has 2 aromatic heterocycles. The smallest absolute Gasteiger partial charge is 0.335 e. The Morgan fingerprint density at radius 2 is 2.03 bits per heavy atom. The highest BCUT2D eigenvalue weighted by Crippen LogP contribution is 2.34. The Labute approximate surface area is 168 Å². The lowest BCUT2D eigenvalue weighted by atomic mass is 10.1. The molecule has 148 valence electrons. The van der Waals surface area contributed by atoms with Crippen molar-refractivity contribution in [2.75, 3.05) is 11.5 Å². The van der Waals surface area contributed by atoms with Gasteiger partial charge in [-0.15, -0.1) is 0 Å². The summed E-state index contributed by atoms with van der Waals surface area (Å²) in [6.07, 6.45) is 5.71. The highest BCUT2D eigenvalue weighted by atomic mass is 16.5. The molecule has 2 heterocycles. The van der Waals surface area contributed by atoms with Crippen molar-refractivity contribution in [2.45, 2.75) is 19.4 Å². The van der Waals surface area contributed by atoms with Crippen LogP contribution < -0.4 is 9.64 Å². The number of carboxylic acids is 1. The number of rotatable bonds is 8. The second-order valence-electron chi connectivity index (χ2n) is 7.05. The number of hydrogen-bond acceptors (Lipinski definition) is 6. The molecule has 0 saturated heterocycles. The molecule has 29 heavy (non-hydrogen) atoms. The van der Waals surface area contributed by atoms with Gasteiger partial charge in [0.05, 0.1) is 18.7 Å². The minimum atomic E-state index is -1.000. The molecule has 7 heteroatoms. The van der Waals surface area contributed by atoms with Gasteiger partial charge in [-0.25, -0.2) is 4.79 Å². The number of aromatic nitrogens is 2. The Morgan fingerprint density at radius 3 is 2.76 bits per heavy atom. The first kappa shape index (κ1) is 18.7. The number of anilines is 2. The Bertz CT molecular complexity index is 1010. The van der Waals surface area contributed by atoms with E-state index in [9.17, 15) is 15.0 Å². The van der Waals surface area contributed by atoms with E-state index in [4.69, 9.17) is 4.74 Å². The fourth-order valence-corrected chi connectivity index (χ4v) is 2.95. The third-order valence-corrected chi connectivity index (χ3v) is 4.72. The van der Waals surface area contributed by atoms with Crippen LogP contribution in [0.5, 0.6) is 11.6 Å². The van der Waals surface area contributed by atoms with Crippen molar-refractivity contribution in [3.8, 4) is 11.6 Å². The number of aromatic carboxylic acids is 1. The molecule has 0 atom stereocenters. The van der Waals surface area contributed by atoms with E-state index in [-0.39, 0.29) is 17.2 Å². The zero-order valence-corrected chi connectivity index (χ0v) is 15.7. The number of aromatic hydroxyl groups is 1. The first-order valence-electron chi connectivity index (χ1n) is 9.43. The quantitative estimate of drug-likeness (QED) is 0.599. The van der Waals surface area contributed by atoms with E-state index in [1.807, 2.05) is 23.1 Å². The third kappa shape index (κ3) is 4.63. The molecular weight excluding hydrogens is 370 g/mol. The zero-order valence-electron chi connectivity index (χ0n) is 15.7. The highest BCUT2D eigenvalue weighted by Gasteiger charge is 2.23. The number of carbonyl (C=O) groups is 1. The van der Waals surface area contributed by atoms with Crippen LogP contribution in [0.4, 0.5) is 11.5 Å². The lowest BCUT2D eigenvalue weighted by Gasteiger charge is -2.25. The molecule has 1 aliphatic rings. The molecule has 1 aliphatic carbocycles. The normalized spacial score (nSPS) is 13.1. The van der Waals surface area contributed by atoms with Gasteiger partial charge in [0, 0.05) is 18.1 Å². The van der Waals surface area contributed by atoms with Crippen LogP contribution in [0.2, 0.25) is 0 Å². The van der Waals surface area contributed by atoms with E-state index < -0.39 is 5.97 Å². The Kier molecular flexibility index (Phi) is 5.29. The van der Waals surface area contributed by atoms with Gasteiger partial charge in [-0.1, -0.05) is 12.1 Å². The number of hydrogen-bond donors (Lipinski definition) is 2. The standard InChI is InChI=1S/C22H21N3O4/c26-19-8-9-20(24-21(19)29-14-15-6-7-15)25(13-16-3-2-10-23-12-16)18-5-1-4-17(11-18)22(27)28/h1-5,8-12,15,26H,6-7,13-14H2,(H,27,28). The van der Waals surface area contributed by atoms with Gasteiger partial charge in [0.1, 0.15) is 5.82 Å². The number of benzene rings is 1. The Hall–Kier alpha value is -3.61. The first-order chi connectivity index (χ1) is 14.1. The van der Waals surface area contributed by atoms with Crippen LogP contribution in [-0.4, -0.2) is 32.8 Å². The molecule has 0 spiro atoms. The van der Waals surface area contributed by atoms with Crippen molar-refractivity contribution in [1.82, 2.24) is 9.97 Å². The Balaban J connectivity index is 1.70. The number of carboxylic acid groups (broad SMARTS) is 1. The summed E-state index contributed by atoms with van der Waals surface area (Å²) in [5.41, 5.74) is 1.78. The van der Waals surface area contributed by atoms with Crippen molar-refractivity contribution in [3.05, 3.63) is 72.1 Å². The molecular formula is C22H21N3O4. The van der Waals surface area contributed by atoms with Crippen molar-refractivity contribution < 1.29 is 19.7 Å². The van der Waals surface area contributed by atoms with Crippen LogP contribution in [-0.2, 0) is 6.54 Å². The minimum Gasteiger partial charge on any atom is -0.503 e. The number of pyridine rings is 2. The van der Waals surface area contributed by atoms with Gasteiger partial charge in [0.2, 0.25) is 0 Å². The largest absolute Gasteiger partial charge is 0.503 e. The first-order valence-corrected chi connectivity index (χ1v) is 9.43. The van der Waals surface area contributed by atoms with Gasteiger partial charge in [0.15, 0.2) is 5.75 Å². The predicted molar refractivity (Wildman–Crippen MR) is 108 cm³/mol. The summed E-state index contributed by atoms with van der Waals surface area (Å²) >= 11 is 0. The fourth-order valence-electron chi connectivity index (χ4n) is 2.95. The maximum absolute atomic E-state index is 11.4. The molecule has 0 bridgehead atoms. The van der Waals surface area contributed by atoms with Gasteiger partial charge in [-0.3, -0.25) is 4.98 Å². The average molecular weight is 391 g/mol. The monoisotopic (exact) mass is 391 g/mol. The molecule has 1 saturated carbocycles. The van der Waals surface area contributed by atoms with Crippen LogP contribution in [0.25, 0.3) is 0 Å². The van der Waals surface area contributed by atoms with Gasteiger partial charge >= 0.3 is 5.97 Å². The maximum atomic E-state index is 11.4. The van der Waals surface area contributed by atoms with Crippen molar-refractivity contribution in [2.24, 2.45) is 5.92 Å². The molecule has 3 aromatic rings. The minimum absolute atomic E-state index is 0.0185. The summed E-state index contributed by atoms with van der Waals surface area (Å²) in [5, 5.41) is 19.5. The molecule has 1 aromatic carbocycles. The zero-order chi connectivity index (χ0) is 20.2. The van der Waals surface area contributed by atoms with Gasteiger partial charge < -0.3 is 19.8 Å². The maximum Gasteiger partial charge on any atom is 0.335 e. The van der Waals surface area contributed by atoms with E-state index in [2.05, 4.69) is 9.97 Å². The van der Waals surface area contributed by atoms with Crippen LogP contribution >= 0.6 is 0 Å². The van der Waals surface area contributed by atoms with Crippen LogP contribution in [0, 0.1) is 5.92 Å². The van der Waals surface area contributed by atoms with Crippen LogP contribution in [0.15, 0.2) is 60.9 Å². The Morgan fingerprint density at radius 1 is 1.17 bits per heavy atom. The van der Waals surface area contributed by atoms with Gasteiger partial charge in [-0.2, -0.15) is 4.98 Å². The molecule has 1 fully saturated rings. The molecule has 7 nitrogen and oxygen atoms in total. The van der Waals surface area contributed by atoms with Crippen molar-refractivity contribution in [3.63, 3.8) is 0 Å². The molecule has 2 N–H and O–H groups in total. The lowest BCUT2D eigenvalue weighted by Crippen LogP contribution is -2.18. The molecule has 0 aliphatic heterocycles. The van der Waals surface area contributed by atoms with Crippen molar-refractivity contribution in [1.29, 1.82) is 0 Å². The van der Waals surface area contributed by atoms with E-state index >= 15 is 0 Å². The van der Waals surface area contributed by atoms with E-state index in [0.717, 1.165) is 18.4 Å². The second-order valence-corrected chi connectivity index (χ2v) is 7.05. The number of nitrogens with zero attached hydrogens (tertiary/aromatic N) is 3. The molecule has 4 rings (SSSR count). The third-order valence-electron chi connectivity index (χ3n) is 4.72. The predicted octanol–water partition coefficient (Wildman–Crippen LogP) is 4.01. The van der Waals surface area contributed by atoms with Gasteiger partial charge in [0.25, 0.3) is 5.88 Å². The van der Waals surface area contributed by atoms with E-state index in [1.54, 1.807) is 42.7 Å². The lowest BCUT2D eigenvalue weighted by molar-refractivity contribution is 0.0697. The average Bonchev–Trinajstić information content (AvgIpc) is 3.57. The van der Waals surface area contributed by atoms with Crippen LogP contribution in [0.1, 0.15) is 28.8 Å².